The summed E-state index contributed by atoms with van der Waals surface area (Å²) in [6.45, 7) is 2.27. The van der Waals surface area contributed by atoms with E-state index in [-0.39, 0.29) is 42.2 Å². The van der Waals surface area contributed by atoms with Crippen molar-refractivity contribution in [1.82, 2.24) is 20.5 Å². The third-order valence-corrected chi connectivity index (χ3v) is 6.23. The van der Waals surface area contributed by atoms with Crippen LogP contribution in [-0.2, 0) is 24.2 Å². The van der Waals surface area contributed by atoms with E-state index in [1.165, 1.54) is 16.5 Å². The van der Waals surface area contributed by atoms with Crippen LogP contribution in [0.5, 0.6) is 0 Å². The van der Waals surface area contributed by atoms with Crippen molar-refractivity contribution in [2.24, 2.45) is 4.99 Å². The fourth-order valence-electron chi connectivity index (χ4n) is 3.63. The molecule has 1 aliphatic heterocycles. The minimum atomic E-state index is -0.241. The number of halogens is 2. The van der Waals surface area contributed by atoms with E-state index < -0.39 is 0 Å². The van der Waals surface area contributed by atoms with E-state index in [0.717, 1.165) is 29.4 Å². The van der Waals surface area contributed by atoms with Crippen LogP contribution >= 0.6 is 35.3 Å². The van der Waals surface area contributed by atoms with Crippen molar-refractivity contribution in [2.75, 3.05) is 26.7 Å². The number of hydrogen-bond acceptors (Lipinski definition) is 3. The average Bonchev–Trinajstić information content (AvgIpc) is 3.36. The van der Waals surface area contributed by atoms with Crippen LogP contribution in [0.15, 0.2) is 40.8 Å². The number of guanidine groups is 1. The standard InChI is InChI=1S/C21H24FN5OS.HI/c1-23-21(24-7-4-14-11-25-18-3-2-16(22)10-17(14)18)26-12-20(28)27-8-5-19-15(13-27)6-9-29-19;/h2-3,6,9-11,25H,4-5,7-8,12-13H2,1H3,(H2,23,24,26);1H. The fourth-order valence-corrected chi connectivity index (χ4v) is 4.52. The number of aromatic nitrogens is 1. The average molecular weight is 541 g/mol. The molecular formula is C21H25FIN5OS. The van der Waals surface area contributed by atoms with E-state index in [1.54, 1.807) is 30.5 Å². The van der Waals surface area contributed by atoms with Gasteiger partial charge in [-0.25, -0.2) is 4.39 Å². The number of H-pyrrole nitrogens is 1. The molecule has 0 saturated heterocycles. The predicted octanol–water partition coefficient (Wildman–Crippen LogP) is 3.28. The van der Waals surface area contributed by atoms with Crippen molar-refractivity contribution in [3.8, 4) is 0 Å². The molecule has 4 rings (SSSR count). The Balaban J connectivity index is 0.00000256. The minimum absolute atomic E-state index is 0. The summed E-state index contributed by atoms with van der Waals surface area (Å²) in [5.41, 5.74) is 3.22. The third kappa shape index (κ3) is 5.12. The summed E-state index contributed by atoms with van der Waals surface area (Å²) in [5, 5.41) is 9.29. The van der Waals surface area contributed by atoms with Gasteiger partial charge in [0, 0.05) is 48.7 Å². The monoisotopic (exact) mass is 541 g/mol. The Bertz CT molecular complexity index is 1050. The molecule has 0 aliphatic carbocycles. The van der Waals surface area contributed by atoms with Crippen molar-refractivity contribution in [1.29, 1.82) is 0 Å². The Labute approximate surface area is 196 Å². The van der Waals surface area contributed by atoms with Gasteiger partial charge in [0.25, 0.3) is 0 Å². The number of hydrogen-bond donors (Lipinski definition) is 3. The minimum Gasteiger partial charge on any atom is -0.361 e. The zero-order chi connectivity index (χ0) is 20.2. The first-order valence-electron chi connectivity index (χ1n) is 9.67. The van der Waals surface area contributed by atoms with Crippen LogP contribution < -0.4 is 10.6 Å². The molecule has 3 N–H and O–H groups in total. The SMILES string of the molecule is CN=C(NCCc1c[nH]c2ccc(F)cc12)NCC(=O)N1CCc2sccc2C1.I. The highest BCUT2D eigenvalue weighted by Crippen LogP contribution is 2.24. The lowest BCUT2D eigenvalue weighted by molar-refractivity contribution is -0.130. The van der Waals surface area contributed by atoms with Crippen molar-refractivity contribution in [3.63, 3.8) is 0 Å². The Kier molecular flexibility index (Phi) is 7.70. The number of nitrogens with zero attached hydrogens (tertiary/aromatic N) is 2. The smallest absolute Gasteiger partial charge is 0.242 e. The molecule has 30 heavy (non-hydrogen) atoms. The summed E-state index contributed by atoms with van der Waals surface area (Å²) >= 11 is 1.76. The molecule has 3 heterocycles. The largest absolute Gasteiger partial charge is 0.361 e. The van der Waals surface area contributed by atoms with Crippen LogP contribution in [0, 0.1) is 5.82 Å². The summed E-state index contributed by atoms with van der Waals surface area (Å²) in [6.07, 6.45) is 3.54. The summed E-state index contributed by atoms with van der Waals surface area (Å²) in [6, 6.07) is 6.84. The van der Waals surface area contributed by atoms with E-state index in [9.17, 15) is 9.18 Å². The van der Waals surface area contributed by atoms with Gasteiger partial charge in [0.15, 0.2) is 5.96 Å². The van der Waals surface area contributed by atoms with Crippen molar-refractivity contribution >= 4 is 58.1 Å². The lowest BCUT2D eigenvalue weighted by Crippen LogP contribution is -2.46. The summed E-state index contributed by atoms with van der Waals surface area (Å²) in [5.74, 6) is 0.407. The molecule has 0 fully saturated rings. The highest BCUT2D eigenvalue weighted by atomic mass is 127. The third-order valence-electron chi connectivity index (χ3n) is 5.21. The number of rotatable bonds is 5. The van der Waals surface area contributed by atoms with Gasteiger partial charge in [-0.2, -0.15) is 0 Å². The van der Waals surface area contributed by atoms with Crippen LogP contribution in [0.3, 0.4) is 0 Å². The number of aromatic amines is 1. The fraction of sp³-hybridized carbons (Fsp3) is 0.333. The molecule has 1 aromatic carbocycles. The maximum atomic E-state index is 13.5. The van der Waals surface area contributed by atoms with Gasteiger partial charge in [-0.05, 0) is 53.6 Å². The molecule has 0 unspecified atom stereocenters. The Morgan fingerprint density at radius 1 is 1.33 bits per heavy atom. The lowest BCUT2D eigenvalue weighted by Gasteiger charge is -2.27. The summed E-state index contributed by atoms with van der Waals surface area (Å²) in [4.78, 5) is 23.1. The molecule has 160 valence electrons. The zero-order valence-electron chi connectivity index (χ0n) is 16.7. The summed E-state index contributed by atoms with van der Waals surface area (Å²) < 4.78 is 13.5. The molecule has 0 atom stereocenters. The molecule has 2 aromatic heterocycles. The number of benzene rings is 1. The van der Waals surface area contributed by atoms with E-state index in [1.807, 2.05) is 11.1 Å². The first-order chi connectivity index (χ1) is 14.1. The number of carbonyl (C=O) groups is 1. The molecule has 0 radical (unpaired) electrons. The maximum Gasteiger partial charge on any atom is 0.242 e. The number of carbonyl (C=O) groups excluding carboxylic acids is 1. The molecule has 0 spiro atoms. The second-order valence-corrected chi connectivity index (χ2v) is 8.04. The van der Waals surface area contributed by atoms with Gasteiger partial charge in [-0.3, -0.25) is 9.79 Å². The highest BCUT2D eigenvalue weighted by Gasteiger charge is 2.21. The summed E-state index contributed by atoms with van der Waals surface area (Å²) in [7, 11) is 1.68. The van der Waals surface area contributed by atoms with Crippen molar-refractivity contribution in [3.05, 3.63) is 57.7 Å². The Morgan fingerprint density at radius 3 is 3.03 bits per heavy atom. The number of amides is 1. The van der Waals surface area contributed by atoms with Crippen LogP contribution in [-0.4, -0.2) is 48.4 Å². The van der Waals surface area contributed by atoms with Gasteiger partial charge in [-0.15, -0.1) is 35.3 Å². The molecule has 1 aliphatic rings. The van der Waals surface area contributed by atoms with Crippen molar-refractivity contribution < 1.29 is 9.18 Å². The molecule has 3 aromatic rings. The van der Waals surface area contributed by atoms with Crippen molar-refractivity contribution in [2.45, 2.75) is 19.4 Å². The second kappa shape index (κ2) is 10.3. The Hall–Kier alpha value is -2.14. The molecule has 0 bridgehead atoms. The highest BCUT2D eigenvalue weighted by molar-refractivity contribution is 14.0. The first kappa shape index (κ1) is 22.5. The van der Waals surface area contributed by atoms with E-state index in [0.29, 0.717) is 25.5 Å². The van der Waals surface area contributed by atoms with E-state index >= 15 is 0 Å². The maximum absolute atomic E-state index is 13.5. The van der Waals surface area contributed by atoms with Gasteiger partial charge >= 0.3 is 0 Å². The predicted molar refractivity (Wildman–Crippen MR) is 130 cm³/mol. The molecule has 1 amide bonds. The van der Waals surface area contributed by atoms with Gasteiger partial charge < -0.3 is 20.5 Å². The van der Waals surface area contributed by atoms with Crippen LogP contribution in [0.2, 0.25) is 0 Å². The van der Waals surface area contributed by atoms with Gasteiger partial charge in [-0.1, -0.05) is 0 Å². The second-order valence-electron chi connectivity index (χ2n) is 7.04. The van der Waals surface area contributed by atoms with Crippen LogP contribution in [0.1, 0.15) is 16.0 Å². The van der Waals surface area contributed by atoms with E-state index in [2.05, 4.69) is 32.1 Å². The molecule has 6 nitrogen and oxygen atoms in total. The number of fused-ring (bicyclic) bond motifs is 2. The van der Waals surface area contributed by atoms with Crippen LogP contribution in [0.25, 0.3) is 10.9 Å². The zero-order valence-corrected chi connectivity index (χ0v) is 19.9. The number of nitrogens with one attached hydrogen (secondary N) is 3. The van der Waals surface area contributed by atoms with Gasteiger partial charge in [0.05, 0.1) is 6.54 Å². The first-order valence-corrected chi connectivity index (χ1v) is 10.5. The number of thiophene rings is 1. The molecular weight excluding hydrogens is 516 g/mol. The molecule has 9 heteroatoms. The topological polar surface area (TPSA) is 72.5 Å². The van der Waals surface area contributed by atoms with Gasteiger partial charge in [0.2, 0.25) is 5.91 Å². The lowest BCUT2D eigenvalue weighted by atomic mass is 10.1. The van der Waals surface area contributed by atoms with Gasteiger partial charge in [0.1, 0.15) is 5.82 Å². The number of aliphatic imine (C=N–C) groups is 1. The quantitative estimate of drug-likeness (QED) is 0.264. The molecule has 0 saturated carbocycles. The normalized spacial score (nSPS) is 13.7. The van der Waals surface area contributed by atoms with Crippen LogP contribution in [0.4, 0.5) is 4.39 Å². The Morgan fingerprint density at radius 2 is 2.20 bits per heavy atom. The van der Waals surface area contributed by atoms with E-state index in [4.69, 9.17) is 0 Å².